The van der Waals surface area contributed by atoms with E-state index >= 15 is 0 Å². The molecule has 1 saturated heterocycles. The highest BCUT2D eigenvalue weighted by atomic mass is 79.9. The van der Waals surface area contributed by atoms with Crippen molar-refractivity contribution in [2.75, 3.05) is 12.0 Å². The van der Waals surface area contributed by atoms with Crippen molar-refractivity contribution >= 4 is 45.5 Å². The molecule has 0 bridgehead atoms. The number of anilines is 1. The fraction of sp³-hybridized carbons (Fsp3) is 0.105. The van der Waals surface area contributed by atoms with Crippen molar-refractivity contribution in [3.8, 4) is 5.75 Å². The summed E-state index contributed by atoms with van der Waals surface area (Å²) in [7, 11) is 1.40. The number of carbonyl (C=O) groups is 3. The largest absolute Gasteiger partial charge is 0.496 e. The van der Waals surface area contributed by atoms with E-state index in [0.717, 1.165) is 12.1 Å². The average molecular weight is 469 g/mol. The first-order valence-corrected chi connectivity index (χ1v) is 8.83. The molecule has 1 N–H and O–H groups in total. The number of methoxy groups -OCH3 is 1. The van der Waals surface area contributed by atoms with Crippen LogP contribution >= 0.6 is 15.9 Å². The maximum atomic E-state index is 13.0. The van der Waals surface area contributed by atoms with Gasteiger partial charge in [-0.05, 0) is 42.5 Å². The van der Waals surface area contributed by atoms with E-state index in [4.69, 9.17) is 4.74 Å². The number of benzene rings is 2. The zero-order valence-corrected chi connectivity index (χ0v) is 16.3. The molecule has 6 nitrogen and oxygen atoms in total. The zero-order valence-electron chi connectivity index (χ0n) is 14.7. The second-order valence-electron chi connectivity index (χ2n) is 5.89. The van der Waals surface area contributed by atoms with Gasteiger partial charge in [0.15, 0.2) is 0 Å². The van der Waals surface area contributed by atoms with Gasteiger partial charge in [0.05, 0.1) is 18.4 Å². The maximum Gasteiger partial charge on any atom is 0.416 e. The maximum absolute atomic E-state index is 13.0. The second kappa shape index (κ2) is 7.70. The number of urea groups is 1. The van der Waals surface area contributed by atoms with Gasteiger partial charge >= 0.3 is 12.2 Å². The van der Waals surface area contributed by atoms with Crippen molar-refractivity contribution in [2.45, 2.75) is 6.18 Å². The molecule has 150 valence electrons. The van der Waals surface area contributed by atoms with Gasteiger partial charge in [0.2, 0.25) is 0 Å². The molecule has 0 radical (unpaired) electrons. The van der Waals surface area contributed by atoms with Crippen molar-refractivity contribution in [1.29, 1.82) is 0 Å². The van der Waals surface area contributed by atoms with Gasteiger partial charge in [-0.15, -0.1) is 0 Å². The van der Waals surface area contributed by atoms with Crippen LogP contribution in [0.4, 0.5) is 23.7 Å². The Hall–Kier alpha value is -3.14. The van der Waals surface area contributed by atoms with Crippen molar-refractivity contribution in [3.05, 3.63) is 63.6 Å². The van der Waals surface area contributed by atoms with Gasteiger partial charge in [-0.2, -0.15) is 13.2 Å². The quantitative estimate of drug-likeness (QED) is 0.542. The SMILES string of the molecule is COc1ccc(Br)cc1C=C1C(=O)NC(=O)N(c2cccc(C(F)(F)F)c2)C1=O. The van der Waals surface area contributed by atoms with Crippen LogP contribution in [-0.2, 0) is 15.8 Å². The number of ether oxygens (including phenoxy) is 1. The number of imide groups is 2. The minimum Gasteiger partial charge on any atom is -0.496 e. The fourth-order valence-electron chi connectivity index (χ4n) is 2.69. The summed E-state index contributed by atoms with van der Waals surface area (Å²) in [6.07, 6.45) is -3.46. The molecule has 0 saturated carbocycles. The van der Waals surface area contributed by atoms with Crippen LogP contribution in [0.1, 0.15) is 11.1 Å². The Morgan fingerprint density at radius 3 is 2.48 bits per heavy atom. The summed E-state index contributed by atoms with van der Waals surface area (Å²) in [5.74, 6) is -1.67. The van der Waals surface area contributed by atoms with Crippen molar-refractivity contribution in [2.24, 2.45) is 0 Å². The second-order valence-corrected chi connectivity index (χ2v) is 6.81. The van der Waals surface area contributed by atoms with Crippen LogP contribution in [0.3, 0.4) is 0 Å². The highest BCUT2D eigenvalue weighted by molar-refractivity contribution is 9.10. The van der Waals surface area contributed by atoms with Gasteiger partial charge in [-0.1, -0.05) is 22.0 Å². The first kappa shape index (κ1) is 20.6. The lowest BCUT2D eigenvalue weighted by Crippen LogP contribution is -2.54. The van der Waals surface area contributed by atoms with E-state index in [-0.39, 0.29) is 5.69 Å². The van der Waals surface area contributed by atoms with Gasteiger partial charge in [0.1, 0.15) is 11.3 Å². The normalized spacial score (nSPS) is 16.2. The third-order valence-electron chi connectivity index (χ3n) is 4.02. The molecule has 0 spiro atoms. The predicted molar refractivity (Wildman–Crippen MR) is 101 cm³/mol. The predicted octanol–water partition coefficient (Wildman–Crippen LogP) is 4.14. The fourth-order valence-corrected chi connectivity index (χ4v) is 3.07. The van der Waals surface area contributed by atoms with Crippen LogP contribution < -0.4 is 15.0 Å². The molecule has 1 fully saturated rings. The topological polar surface area (TPSA) is 75.7 Å². The van der Waals surface area contributed by atoms with E-state index in [2.05, 4.69) is 15.9 Å². The number of nitrogens with one attached hydrogen (secondary N) is 1. The molecule has 3 rings (SSSR count). The summed E-state index contributed by atoms with van der Waals surface area (Å²) in [6.45, 7) is 0. The number of rotatable bonds is 3. The van der Waals surface area contributed by atoms with Gasteiger partial charge in [0, 0.05) is 10.0 Å². The first-order chi connectivity index (χ1) is 13.6. The van der Waals surface area contributed by atoms with Gasteiger partial charge in [0.25, 0.3) is 11.8 Å². The molecule has 10 heteroatoms. The monoisotopic (exact) mass is 468 g/mol. The van der Waals surface area contributed by atoms with E-state index in [1.807, 2.05) is 5.32 Å². The Morgan fingerprint density at radius 1 is 1.10 bits per heavy atom. The summed E-state index contributed by atoms with van der Waals surface area (Å²) in [5, 5.41) is 1.96. The molecule has 29 heavy (non-hydrogen) atoms. The lowest BCUT2D eigenvalue weighted by atomic mass is 10.1. The van der Waals surface area contributed by atoms with E-state index < -0.39 is 35.2 Å². The summed E-state index contributed by atoms with van der Waals surface area (Å²) in [5.41, 5.74) is -1.43. The molecule has 0 atom stereocenters. The van der Waals surface area contributed by atoms with Crippen LogP contribution in [0.5, 0.6) is 5.75 Å². The standard InChI is InChI=1S/C19H12BrF3N2O4/c1-29-15-6-5-12(20)7-10(15)8-14-16(26)24-18(28)25(17(14)27)13-4-2-3-11(9-13)19(21,22)23/h2-9H,1H3,(H,24,26,28). The third kappa shape index (κ3) is 4.16. The minimum atomic E-state index is -4.66. The smallest absolute Gasteiger partial charge is 0.416 e. The molecule has 4 amide bonds. The highest BCUT2D eigenvalue weighted by Gasteiger charge is 2.38. The number of barbiturate groups is 1. The van der Waals surface area contributed by atoms with Crippen LogP contribution in [0.15, 0.2) is 52.5 Å². The van der Waals surface area contributed by atoms with Crippen molar-refractivity contribution in [3.63, 3.8) is 0 Å². The lowest BCUT2D eigenvalue weighted by molar-refractivity contribution is -0.137. The number of nitrogens with zero attached hydrogens (tertiary/aromatic N) is 1. The summed E-state index contributed by atoms with van der Waals surface area (Å²) in [6, 6.07) is 7.42. The summed E-state index contributed by atoms with van der Waals surface area (Å²) >= 11 is 3.26. The van der Waals surface area contributed by atoms with Gasteiger partial charge in [-0.3, -0.25) is 14.9 Å². The molecule has 2 aromatic carbocycles. The van der Waals surface area contributed by atoms with E-state index in [9.17, 15) is 27.6 Å². The number of hydrogen-bond acceptors (Lipinski definition) is 4. The Labute approximate surface area is 171 Å². The van der Waals surface area contributed by atoms with Crippen molar-refractivity contribution < 1.29 is 32.3 Å². The zero-order chi connectivity index (χ0) is 21.3. The van der Waals surface area contributed by atoms with Crippen LogP contribution in [-0.4, -0.2) is 25.0 Å². The Balaban J connectivity index is 2.07. The van der Waals surface area contributed by atoms with Crippen LogP contribution in [0, 0.1) is 0 Å². The first-order valence-electron chi connectivity index (χ1n) is 8.04. The molecule has 0 aliphatic carbocycles. The molecular weight excluding hydrogens is 457 g/mol. The van der Waals surface area contributed by atoms with E-state index in [1.165, 1.54) is 19.3 Å². The number of carbonyl (C=O) groups excluding carboxylic acids is 3. The molecular formula is C19H12BrF3N2O4. The Bertz CT molecular complexity index is 1050. The molecule has 2 aromatic rings. The molecule has 1 aliphatic heterocycles. The number of amides is 4. The van der Waals surface area contributed by atoms with E-state index in [0.29, 0.717) is 26.8 Å². The Morgan fingerprint density at radius 2 is 1.83 bits per heavy atom. The van der Waals surface area contributed by atoms with Crippen LogP contribution in [0.25, 0.3) is 6.08 Å². The average Bonchev–Trinajstić information content (AvgIpc) is 2.65. The van der Waals surface area contributed by atoms with Gasteiger partial charge < -0.3 is 4.74 Å². The minimum absolute atomic E-state index is 0.318. The van der Waals surface area contributed by atoms with Crippen LogP contribution in [0.2, 0.25) is 0 Å². The third-order valence-corrected chi connectivity index (χ3v) is 4.52. The summed E-state index contributed by atoms with van der Waals surface area (Å²) < 4.78 is 44.8. The molecule has 1 aliphatic rings. The Kier molecular flexibility index (Phi) is 5.47. The number of hydrogen-bond donors (Lipinski definition) is 1. The molecule has 0 aromatic heterocycles. The van der Waals surface area contributed by atoms with Gasteiger partial charge in [-0.25, -0.2) is 9.69 Å². The van der Waals surface area contributed by atoms with E-state index in [1.54, 1.807) is 18.2 Å². The lowest BCUT2D eigenvalue weighted by Gasteiger charge is -2.27. The highest BCUT2D eigenvalue weighted by Crippen LogP contribution is 2.33. The number of halogens is 4. The molecule has 1 heterocycles. The van der Waals surface area contributed by atoms with Crippen molar-refractivity contribution in [1.82, 2.24) is 5.32 Å². The molecule has 0 unspecified atom stereocenters. The summed E-state index contributed by atoms with van der Waals surface area (Å²) in [4.78, 5) is 37.7. The number of alkyl halides is 3.